The molecule has 33 heteroatoms. The van der Waals surface area contributed by atoms with E-state index >= 15 is 0 Å². The van der Waals surface area contributed by atoms with Crippen LogP contribution in [0.4, 0.5) is 0 Å². The van der Waals surface area contributed by atoms with E-state index in [9.17, 15) is 0 Å². The average Bonchev–Trinajstić information content (AvgIpc) is 1.94. The average molecular weight is 660 g/mol. The molecule has 0 heterocycles. The van der Waals surface area contributed by atoms with E-state index in [1.807, 2.05) is 0 Å². The van der Waals surface area contributed by atoms with Crippen molar-refractivity contribution in [2.75, 3.05) is 0 Å². The Kier molecular flexibility index (Phi) is 47.0. The van der Waals surface area contributed by atoms with Crippen molar-refractivity contribution in [3.63, 3.8) is 0 Å². The van der Waals surface area contributed by atoms with Crippen LogP contribution in [0.5, 0.6) is 0 Å². The van der Waals surface area contributed by atoms with E-state index in [2.05, 4.69) is 0 Å². The molecule has 33 heavy (non-hydrogen) atoms. The van der Waals surface area contributed by atoms with Crippen LogP contribution in [0.25, 0.3) is 0 Å². The Morgan fingerprint density at radius 1 is 0.242 bits per heavy atom. The zero-order valence-corrected chi connectivity index (χ0v) is 26.6. The predicted octanol–water partition coefficient (Wildman–Crippen LogP) is -12.6. The molecule has 0 rings (SSSR count). The van der Waals surface area contributed by atoms with Gasteiger partial charge in [-0.05, 0) is 0 Å². The molecule has 0 aromatic heterocycles. The van der Waals surface area contributed by atoms with Gasteiger partial charge in [-0.2, -0.15) is 50.5 Å². The van der Waals surface area contributed by atoms with Crippen molar-refractivity contribution in [3.8, 4) is 0 Å². The van der Waals surface area contributed by atoms with Crippen LogP contribution >= 0.6 is 0 Å². The van der Waals surface area contributed by atoms with E-state index < -0.39 is 62.4 Å². The molecule has 0 bridgehead atoms. The minimum absolute atomic E-state index is 0. The third-order valence-corrected chi connectivity index (χ3v) is 0. The second kappa shape index (κ2) is 25.9. The molecule has 0 saturated heterocycles. The summed E-state index contributed by atoms with van der Waals surface area (Å²) < 4.78 is 190. The SMILES string of the molecule is O=S(=O)(O)O.O=S(=O)(O)O.O=S(=O)(O)O.O=S(=O)(O)O.O=S(=O)(O)O.O=S(=O)(O)O.[H-].[H-].[H-].[Na+].[Na+].[Na+]. The van der Waals surface area contributed by atoms with Crippen molar-refractivity contribution < 1.29 is 198 Å². The van der Waals surface area contributed by atoms with Crippen LogP contribution < -0.4 is 88.7 Å². The molecule has 0 unspecified atom stereocenters. The van der Waals surface area contributed by atoms with Crippen LogP contribution in [0, 0.1) is 0 Å². The van der Waals surface area contributed by atoms with Gasteiger partial charge in [-0.25, -0.2) is 0 Å². The Labute approximate surface area is 257 Å². The maximum Gasteiger partial charge on any atom is 1.00 e. The first-order chi connectivity index (χ1) is 12.0. The quantitative estimate of drug-likeness (QED) is 0.0847. The molecule has 12 N–H and O–H groups in total. The van der Waals surface area contributed by atoms with Gasteiger partial charge in [0.2, 0.25) is 0 Å². The van der Waals surface area contributed by atoms with E-state index in [1.54, 1.807) is 0 Å². The molecule has 0 radical (unpaired) electrons. The van der Waals surface area contributed by atoms with Crippen molar-refractivity contribution in [2.24, 2.45) is 0 Å². The van der Waals surface area contributed by atoms with Gasteiger partial charge in [0.25, 0.3) is 0 Å². The smallest absolute Gasteiger partial charge is 1.00 e. The Hall–Kier alpha value is 2.22. The van der Waals surface area contributed by atoms with E-state index in [4.69, 9.17) is 105 Å². The fourth-order valence-electron chi connectivity index (χ4n) is 0. The molecule has 198 valence electrons. The van der Waals surface area contributed by atoms with Gasteiger partial charge >= 0.3 is 151 Å². The first-order valence-corrected chi connectivity index (χ1v) is 12.6. The number of hydrogen-bond acceptors (Lipinski definition) is 12. The first kappa shape index (κ1) is 60.0. The van der Waals surface area contributed by atoms with E-state index in [1.165, 1.54) is 0 Å². The summed E-state index contributed by atoms with van der Waals surface area (Å²) in [4.78, 5) is 0. The predicted molar refractivity (Wildman–Crippen MR) is 88.4 cm³/mol. The largest absolute Gasteiger partial charge is 1.00 e. The van der Waals surface area contributed by atoms with E-state index in [-0.39, 0.29) is 93.0 Å². The Balaban J connectivity index is -0.0000000186. The van der Waals surface area contributed by atoms with E-state index in [0.29, 0.717) is 0 Å². The van der Waals surface area contributed by atoms with Crippen molar-refractivity contribution in [3.05, 3.63) is 0 Å². The van der Waals surface area contributed by atoms with Crippen LogP contribution in [0.1, 0.15) is 4.28 Å². The van der Waals surface area contributed by atoms with Crippen LogP contribution in [0.15, 0.2) is 0 Å². The molecule has 0 amide bonds. The molecule has 0 saturated carbocycles. The topological polar surface area (TPSA) is 448 Å². The van der Waals surface area contributed by atoms with Crippen molar-refractivity contribution in [1.29, 1.82) is 0 Å². The zero-order valence-electron chi connectivity index (χ0n) is 18.7. The molecule has 0 aliphatic heterocycles. The van der Waals surface area contributed by atoms with Gasteiger partial charge in [-0.15, -0.1) is 0 Å². The third-order valence-electron chi connectivity index (χ3n) is 0. The van der Waals surface area contributed by atoms with Gasteiger partial charge in [-0.3, -0.25) is 54.6 Å². The molecule has 0 spiro atoms. The van der Waals surface area contributed by atoms with Crippen LogP contribution in [0.2, 0.25) is 0 Å². The molecule has 0 atom stereocenters. The first-order valence-electron chi connectivity index (χ1n) is 4.19. The van der Waals surface area contributed by atoms with Crippen molar-refractivity contribution in [2.45, 2.75) is 0 Å². The maximum atomic E-state index is 8.74. The number of hydrogen-bond donors (Lipinski definition) is 12. The third kappa shape index (κ3) is 7210. The zero-order chi connectivity index (χ0) is 27.0. The van der Waals surface area contributed by atoms with Gasteiger partial charge in [0.05, 0.1) is 0 Å². The summed E-state index contributed by atoms with van der Waals surface area (Å²) in [5.41, 5.74) is 0. The standard InChI is InChI=1S/3Na.6H2O4S.3H/c;;;6*1-5(2,3)4;;;/h;;;6*(H2,1,2,3,4);;;/q3*+1;;;;;;;3*-1. The molecule has 0 aliphatic rings. The summed E-state index contributed by atoms with van der Waals surface area (Å²) in [5, 5.41) is 0. The molecule has 0 fully saturated rings. The molecule has 0 aliphatic carbocycles. The van der Waals surface area contributed by atoms with Crippen LogP contribution in [-0.4, -0.2) is 105 Å². The summed E-state index contributed by atoms with van der Waals surface area (Å²) in [6.45, 7) is 0. The van der Waals surface area contributed by atoms with Gasteiger partial charge in [0, 0.05) is 0 Å². The Morgan fingerprint density at radius 3 is 0.242 bits per heavy atom. The normalized spacial score (nSPS) is 10.5. The minimum Gasteiger partial charge on any atom is -1.00 e. The van der Waals surface area contributed by atoms with Crippen molar-refractivity contribution >= 4 is 62.4 Å². The van der Waals surface area contributed by atoms with Crippen LogP contribution in [0.3, 0.4) is 0 Å². The minimum atomic E-state index is -4.67. The fourth-order valence-corrected chi connectivity index (χ4v) is 0. The summed E-state index contributed by atoms with van der Waals surface area (Å²) >= 11 is 0. The molecular weight excluding hydrogens is 645 g/mol. The van der Waals surface area contributed by atoms with Crippen LogP contribution in [-0.2, 0) is 62.4 Å². The van der Waals surface area contributed by atoms with Gasteiger partial charge in [0.15, 0.2) is 0 Å². The molecular formula is H15Na3O24S6. The second-order valence-corrected chi connectivity index (χ2v) is 8.06. The molecule has 0 aromatic carbocycles. The number of rotatable bonds is 0. The van der Waals surface area contributed by atoms with Gasteiger partial charge < -0.3 is 4.28 Å². The summed E-state index contributed by atoms with van der Waals surface area (Å²) in [6, 6.07) is 0. The Morgan fingerprint density at radius 2 is 0.242 bits per heavy atom. The van der Waals surface area contributed by atoms with E-state index in [0.717, 1.165) is 0 Å². The summed E-state index contributed by atoms with van der Waals surface area (Å²) in [5.74, 6) is 0. The Bertz CT molecular complexity index is 783. The molecule has 24 nitrogen and oxygen atoms in total. The van der Waals surface area contributed by atoms with Gasteiger partial charge in [0.1, 0.15) is 0 Å². The summed E-state index contributed by atoms with van der Waals surface area (Å²) in [7, 11) is -28.0. The fraction of sp³-hybridized carbons (Fsp3) is 0. The summed E-state index contributed by atoms with van der Waals surface area (Å²) in [6.07, 6.45) is 0. The maximum absolute atomic E-state index is 8.74. The monoisotopic (exact) mass is 660 g/mol. The van der Waals surface area contributed by atoms with Gasteiger partial charge in [-0.1, -0.05) is 0 Å². The van der Waals surface area contributed by atoms with Crippen molar-refractivity contribution in [1.82, 2.24) is 0 Å². The molecule has 0 aromatic rings. The second-order valence-electron chi connectivity index (χ2n) is 2.69.